The van der Waals surface area contributed by atoms with Gasteiger partial charge in [-0.25, -0.2) is 4.39 Å². The molecule has 0 aliphatic heterocycles. The first kappa shape index (κ1) is 11.3. The smallest absolute Gasteiger partial charge is 0.203 e. The highest BCUT2D eigenvalue weighted by atomic mass is 19.1. The normalized spacial score (nSPS) is 15.2. The molecule has 1 aromatic carbocycles. The molecule has 0 bridgehead atoms. The van der Waals surface area contributed by atoms with Gasteiger partial charge >= 0.3 is 0 Å². The second-order valence-corrected chi connectivity index (χ2v) is 3.83. The Morgan fingerprint density at radius 1 is 1.53 bits per heavy atom. The molecule has 1 N–H and O–H groups in total. The molecule has 17 heavy (non-hydrogen) atoms. The molecule has 1 aromatic rings. The van der Waals surface area contributed by atoms with E-state index in [-0.39, 0.29) is 17.4 Å². The Hall–Kier alpha value is -2.22. The van der Waals surface area contributed by atoms with Crippen molar-refractivity contribution in [3.8, 4) is 6.07 Å². The standard InChI is InChI=1S/C12H10FN3O/c13-9-2-1-3-10(6-9)15-16-11(7-14)12(17)8-4-5-8/h1-3,6,8,15H,4-5H2/b16-11-. The monoisotopic (exact) mass is 231 g/mol. The highest BCUT2D eigenvalue weighted by molar-refractivity contribution is 6.47. The molecule has 1 saturated carbocycles. The zero-order valence-corrected chi connectivity index (χ0v) is 8.98. The van der Waals surface area contributed by atoms with Crippen LogP contribution in [0.15, 0.2) is 29.4 Å². The van der Waals surface area contributed by atoms with Crippen molar-refractivity contribution in [1.29, 1.82) is 5.26 Å². The predicted molar refractivity (Wildman–Crippen MR) is 60.8 cm³/mol. The van der Waals surface area contributed by atoms with E-state index in [0.29, 0.717) is 5.69 Å². The summed E-state index contributed by atoms with van der Waals surface area (Å²) in [6.07, 6.45) is 1.64. The van der Waals surface area contributed by atoms with Crippen LogP contribution in [0.3, 0.4) is 0 Å². The molecular weight excluding hydrogens is 221 g/mol. The number of nitriles is 1. The summed E-state index contributed by atoms with van der Waals surface area (Å²) >= 11 is 0. The van der Waals surface area contributed by atoms with E-state index in [1.807, 2.05) is 0 Å². The van der Waals surface area contributed by atoms with Gasteiger partial charge in [0.05, 0.1) is 5.69 Å². The van der Waals surface area contributed by atoms with E-state index in [1.165, 1.54) is 18.2 Å². The van der Waals surface area contributed by atoms with Gasteiger partial charge in [-0.1, -0.05) is 6.07 Å². The largest absolute Gasteiger partial charge is 0.291 e. The van der Waals surface area contributed by atoms with Crippen LogP contribution in [0.4, 0.5) is 10.1 Å². The zero-order chi connectivity index (χ0) is 12.3. The maximum atomic E-state index is 12.8. The molecule has 0 unspecified atom stereocenters. The number of benzene rings is 1. The first-order valence-electron chi connectivity index (χ1n) is 5.24. The fraction of sp³-hybridized carbons (Fsp3) is 0.250. The van der Waals surface area contributed by atoms with Crippen molar-refractivity contribution in [1.82, 2.24) is 0 Å². The van der Waals surface area contributed by atoms with Gasteiger partial charge in [-0.15, -0.1) is 0 Å². The van der Waals surface area contributed by atoms with Crippen LogP contribution in [0.5, 0.6) is 0 Å². The maximum Gasteiger partial charge on any atom is 0.203 e. The lowest BCUT2D eigenvalue weighted by Crippen LogP contribution is -2.15. The van der Waals surface area contributed by atoms with Crippen LogP contribution in [0.2, 0.25) is 0 Å². The molecule has 2 rings (SSSR count). The fourth-order valence-electron chi connectivity index (χ4n) is 1.35. The summed E-state index contributed by atoms with van der Waals surface area (Å²) in [5.41, 5.74) is 2.75. The molecule has 4 nitrogen and oxygen atoms in total. The summed E-state index contributed by atoms with van der Waals surface area (Å²) in [4.78, 5) is 11.6. The number of nitrogens with zero attached hydrogens (tertiary/aromatic N) is 2. The van der Waals surface area contributed by atoms with Gasteiger partial charge in [0.15, 0.2) is 5.78 Å². The van der Waals surface area contributed by atoms with Gasteiger partial charge in [0, 0.05) is 5.92 Å². The number of halogens is 1. The van der Waals surface area contributed by atoms with E-state index in [4.69, 9.17) is 5.26 Å². The van der Waals surface area contributed by atoms with Crippen molar-refractivity contribution in [2.45, 2.75) is 12.8 Å². The highest BCUT2D eigenvalue weighted by Crippen LogP contribution is 2.30. The van der Waals surface area contributed by atoms with E-state index >= 15 is 0 Å². The minimum Gasteiger partial charge on any atom is -0.291 e. The number of Topliss-reactive ketones (excluding diaryl/α,β-unsaturated/α-hetero) is 1. The predicted octanol–water partition coefficient (Wildman–Crippen LogP) is 2.10. The van der Waals surface area contributed by atoms with Gasteiger partial charge in [-0.05, 0) is 31.0 Å². The third kappa shape index (κ3) is 2.88. The van der Waals surface area contributed by atoms with Gasteiger partial charge in [0.1, 0.15) is 11.9 Å². The molecule has 1 aliphatic rings. The maximum absolute atomic E-state index is 12.8. The van der Waals surface area contributed by atoms with Gasteiger partial charge in [0.25, 0.3) is 0 Å². The molecule has 0 spiro atoms. The lowest BCUT2D eigenvalue weighted by atomic mass is 10.2. The van der Waals surface area contributed by atoms with Crippen molar-refractivity contribution in [2.24, 2.45) is 11.0 Å². The van der Waals surface area contributed by atoms with Crippen LogP contribution in [0.1, 0.15) is 12.8 Å². The number of hydrogen-bond donors (Lipinski definition) is 1. The Labute approximate surface area is 97.8 Å². The van der Waals surface area contributed by atoms with E-state index in [1.54, 1.807) is 12.1 Å². The number of anilines is 1. The van der Waals surface area contributed by atoms with Gasteiger partial charge in [0.2, 0.25) is 5.71 Å². The molecule has 0 heterocycles. The first-order valence-corrected chi connectivity index (χ1v) is 5.24. The lowest BCUT2D eigenvalue weighted by molar-refractivity contribution is -0.113. The molecule has 86 valence electrons. The molecule has 1 fully saturated rings. The number of hydrazone groups is 1. The number of ketones is 1. The van der Waals surface area contributed by atoms with E-state index in [0.717, 1.165) is 12.8 Å². The topological polar surface area (TPSA) is 65.2 Å². The Bertz CT molecular complexity index is 515. The SMILES string of the molecule is N#C/C(=N/Nc1cccc(F)c1)C(=O)C1CC1. The Morgan fingerprint density at radius 3 is 2.88 bits per heavy atom. The minimum absolute atomic E-state index is 0.0530. The van der Waals surface area contributed by atoms with E-state index in [2.05, 4.69) is 10.5 Å². The van der Waals surface area contributed by atoms with Gasteiger partial charge < -0.3 is 0 Å². The average Bonchev–Trinajstić information content (AvgIpc) is 3.13. The Morgan fingerprint density at radius 2 is 2.29 bits per heavy atom. The Balaban J connectivity index is 2.08. The molecule has 0 amide bonds. The van der Waals surface area contributed by atoms with Crippen molar-refractivity contribution in [3.63, 3.8) is 0 Å². The van der Waals surface area contributed by atoms with Gasteiger partial charge in [-0.2, -0.15) is 10.4 Å². The summed E-state index contributed by atoms with van der Waals surface area (Å²) < 4.78 is 12.8. The average molecular weight is 231 g/mol. The quantitative estimate of drug-likeness (QED) is 0.637. The van der Waals surface area contributed by atoms with Crippen molar-refractivity contribution in [3.05, 3.63) is 30.1 Å². The van der Waals surface area contributed by atoms with E-state index in [9.17, 15) is 9.18 Å². The Kier molecular flexibility index (Phi) is 3.15. The van der Waals surface area contributed by atoms with Crippen LogP contribution < -0.4 is 5.43 Å². The second-order valence-electron chi connectivity index (χ2n) is 3.83. The third-order valence-corrected chi connectivity index (χ3v) is 2.41. The van der Waals surface area contributed by atoms with Crippen LogP contribution in [0.25, 0.3) is 0 Å². The van der Waals surface area contributed by atoms with Crippen LogP contribution in [-0.2, 0) is 4.79 Å². The molecular formula is C12H10FN3O. The van der Waals surface area contributed by atoms with Crippen molar-refractivity contribution >= 4 is 17.2 Å². The first-order chi connectivity index (χ1) is 8.20. The van der Waals surface area contributed by atoms with E-state index < -0.39 is 5.82 Å². The highest BCUT2D eigenvalue weighted by Gasteiger charge is 2.32. The molecule has 0 aromatic heterocycles. The third-order valence-electron chi connectivity index (χ3n) is 2.41. The summed E-state index contributed by atoms with van der Waals surface area (Å²) in [6, 6.07) is 7.41. The summed E-state index contributed by atoms with van der Waals surface area (Å²) in [7, 11) is 0. The molecule has 0 atom stereocenters. The second kappa shape index (κ2) is 4.74. The lowest BCUT2D eigenvalue weighted by Gasteiger charge is -2.00. The summed E-state index contributed by atoms with van der Waals surface area (Å²) in [6.45, 7) is 0. The summed E-state index contributed by atoms with van der Waals surface area (Å²) in [5, 5.41) is 12.5. The van der Waals surface area contributed by atoms with Gasteiger partial charge in [-0.3, -0.25) is 10.2 Å². The molecule has 0 radical (unpaired) electrons. The number of nitrogens with one attached hydrogen (secondary N) is 1. The molecule has 5 heteroatoms. The van der Waals surface area contributed by atoms with Crippen molar-refractivity contribution in [2.75, 3.05) is 5.43 Å². The van der Waals surface area contributed by atoms with Crippen LogP contribution in [0, 0.1) is 23.1 Å². The number of hydrogen-bond acceptors (Lipinski definition) is 4. The molecule has 1 aliphatic carbocycles. The fourth-order valence-corrected chi connectivity index (χ4v) is 1.35. The molecule has 0 saturated heterocycles. The minimum atomic E-state index is -0.405. The zero-order valence-electron chi connectivity index (χ0n) is 8.98. The number of rotatable bonds is 4. The number of carbonyl (C=O) groups excluding carboxylic acids is 1. The van der Waals surface area contributed by atoms with Crippen LogP contribution in [-0.4, -0.2) is 11.5 Å². The van der Waals surface area contributed by atoms with Crippen LogP contribution >= 0.6 is 0 Å². The van der Waals surface area contributed by atoms with Crippen molar-refractivity contribution < 1.29 is 9.18 Å². The number of carbonyl (C=O) groups is 1. The summed E-state index contributed by atoms with van der Waals surface area (Å²) in [5.74, 6) is -0.698.